The van der Waals surface area contributed by atoms with E-state index in [9.17, 15) is 12.8 Å². The van der Waals surface area contributed by atoms with Crippen molar-refractivity contribution in [3.8, 4) is 11.3 Å². The summed E-state index contributed by atoms with van der Waals surface area (Å²) >= 11 is 5.93. The van der Waals surface area contributed by atoms with Crippen molar-refractivity contribution < 1.29 is 12.8 Å². The lowest BCUT2D eigenvalue weighted by atomic mass is 10.1. The Bertz CT molecular complexity index is 1100. The lowest BCUT2D eigenvalue weighted by Crippen LogP contribution is -2.49. The van der Waals surface area contributed by atoms with E-state index in [0.29, 0.717) is 42.7 Å². The third kappa shape index (κ3) is 4.24. The summed E-state index contributed by atoms with van der Waals surface area (Å²) < 4.78 is 40.1. The van der Waals surface area contributed by atoms with Crippen LogP contribution in [0.2, 0.25) is 5.02 Å². The normalized spacial score (nSPS) is 15.4. The summed E-state index contributed by atoms with van der Waals surface area (Å²) in [5, 5.41) is 8.86. The molecule has 6 nitrogen and oxygen atoms in total. The second-order valence-corrected chi connectivity index (χ2v) is 9.01. The maximum atomic E-state index is 13.1. The molecule has 1 aliphatic heterocycles. The van der Waals surface area contributed by atoms with E-state index in [1.165, 1.54) is 22.5 Å². The van der Waals surface area contributed by atoms with Crippen LogP contribution < -0.4 is 4.90 Å². The minimum absolute atomic E-state index is 0.196. The Labute approximate surface area is 173 Å². The third-order valence-electron chi connectivity index (χ3n) is 4.79. The fraction of sp³-hybridized carbons (Fsp3) is 0.200. The van der Waals surface area contributed by atoms with Crippen LogP contribution in [-0.4, -0.2) is 49.1 Å². The van der Waals surface area contributed by atoms with E-state index in [2.05, 4.69) is 10.2 Å². The Kier molecular flexibility index (Phi) is 5.49. The van der Waals surface area contributed by atoms with Gasteiger partial charge in [-0.05, 0) is 54.6 Å². The highest BCUT2D eigenvalue weighted by Crippen LogP contribution is 2.23. The molecule has 29 heavy (non-hydrogen) atoms. The van der Waals surface area contributed by atoms with E-state index < -0.39 is 10.0 Å². The molecule has 1 fully saturated rings. The first-order chi connectivity index (χ1) is 13.9. The molecule has 1 aromatic heterocycles. The molecule has 2 heterocycles. The van der Waals surface area contributed by atoms with Gasteiger partial charge in [-0.15, -0.1) is 10.2 Å². The fourth-order valence-electron chi connectivity index (χ4n) is 3.20. The summed E-state index contributed by atoms with van der Waals surface area (Å²) in [6.45, 7) is 1.70. The first-order valence-electron chi connectivity index (χ1n) is 9.04. The lowest BCUT2D eigenvalue weighted by molar-refractivity contribution is 0.383. The fourth-order valence-corrected chi connectivity index (χ4v) is 4.93. The minimum Gasteiger partial charge on any atom is -0.352 e. The SMILES string of the molecule is O=S(=O)(c1cccc(Cl)c1)N1CCN(c2ccc(-c3ccc(F)cc3)nn2)CC1. The highest BCUT2D eigenvalue weighted by Gasteiger charge is 2.29. The molecule has 3 aromatic rings. The van der Waals surface area contributed by atoms with Crippen molar-refractivity contribution in [2.45, 2.75) is 4.90 Å². The maximum Gasteiger partial charge on any atom is 0.243 e. The second kappa shape index (κ2) is 8.06. The molecule has 0 bridgehead atoms. The minimum atomic E-state index is -3.58. The number of sulfonamides is 1. The highest BCUT2D eigenvalue weighted by atomic mass is 35.5. The molecule has 0 unspecified atom stereocenters. The molecule has 0 atom stereocenters. The zero-order chi connectivity index (χ0) is 20.4. The van der Waals surface area contributed by atoms with Gasteiger partial charge in [-0.2, -0.15) is 4.31 Å². The van der Waals surface area contributed by atoms with E-state index in [-0.39, 0.29) is 10.7 Å². The topological polar surface area (TPSA) is 66.4 Å². The molecule has 0 aliphatic carbocycles. The Morgan fingerprint density at radius 3 is 2.24 bits per heavy atom. The van der Waals surface area contributed by atoms with Gasteiger partial charge in [0, 0.05) is 36.8 Å². The number of aromatic nitrogens is 2. The van der Waals surface area contributed by atoms with Crippen LogP contribution in [0.15, 0.2) is 65.6 Å². The quantitative estimate of drug-likeness (QED) is 0.631. The second-order valence-electron chi connectivity index (χ2n) is 6.63. The van der Waals surface area contributed by atoms with Crippen molar-refractivity contribution in [3.05, 3.63) is 71.5 Å². The third-order valence-corrected chi connectivity index (χ3v) is 6.92. The number of anilines is 1. The number of piperazine rings is 1. The summed E-state index contributed by atoms with van der Waals surface area (Å²) in [5.41, 5.74) is 1.43. The standard InChI is InChI=1S/C20H18ClFN4O2S/c21-16-2-1-3-18(14-16)29(27,28)26-12-10-25(11-13-26)20-9-8-19(23-24-20)15-4-6-17(22)7-5-15/h1-9,14H,10-13H2. The Balaban J connectivity index is 1.43. The van der Waals surface area contributed by atoms with E-state index in [1.807, 2.05) is 17.0 Å². The average molecular weight is 433 g/mol. The number of rotatable bonds is 4. The molecule has 0 amide bonds. The van der Waals surface area contributed by atoms with Crippen molar-refractivity contribution in [1.82, 2.24) is 14.5 Å². The maximum absolute atomic E-state index is 13.1. The molecule has 0 spiro atoms. The van der Waals surface area contributed by atoms with Gasteiger partial charge in [0.05, 0.1) is 10.6 Å². The molecule has 150 valence electrons. The molecule has 1 aliphatic rings. The van der Waals surface area contributed by atoms with E-state index >= 15 is 0 Å². The number of benzene rings is 2. The van der Waals surface area contributed by atoms with Gasteiger partial charge < -0.3 is 4.90 Å². The van der Waals surface area contributed by atoms with E-state index in [4.69, 9.17) is 11.6 Å². The Hall–Kier alpha value is -2.55. The molecule has 0 radical (unpaired) electrons. The van der Waals surface area contributed by atoms with Gasteiger partial charge >= 0.3 is 0 Å². The van der Waals surface area contributed by atoms with Crippen molar-refractivity contribution >= 4 is 27.4 Å². The van der Waals surface area contributed by atoms with Crippen LogP contribution in [-0.2, 0) is 10.0 Å². The average Bonchev–Trinajstić information content (AvgIpc) is 2.74. The van der Waals surface area contributed by atoms with Gasteiger partial charge in [0.2, 0.25) is 10.0 Å². The van der Waals surface area contributed by atoms with Crippen LogP contribution >= 0.6 is 11.6 Å². The summed E-state index contributed by atoms with van der Waals surface area (Å²) in [7, 11) is -3.58. The number of halogens is 2. The van der Waals surface area contributed by atoms with Gasteiger partial charge in [-0.3, -0.25) is 0 Å². The van der Waals surface area contributed by atoms with Crippen LogP contribution in [0.5, 0.6) is 0 Å². The first kappa shape index (κ1) is 19.8. The molecule has 2 aromatic carbocycles. The zero-order valence-electron chi connectivity index (χ0n) is 15.4. The van der Waals surface area contributed by atoms with Gasteiger partial charge in [0.1, 0.15) is 5.82 Å². The number of hydrogen-bond donors (Lipinski definition) is 0. The van der Waals surface area contributed by atoms with Crippen molar-refractivity contribution in [2.75, 3.05) is 31.1 Å². The summed E-state index contributed by atoms with van der Waals surface area (Å²) in [6, 6.07) is 16.0. The van der Waals surface area contributed by atoms with Crippen molar-refractivity contribution in [1.29, 1.82) is 0 Å². The Morgan fingerprint density at radius 2 is 1.62 bits per heavy atom. The molecule has 9 heteroatoms. The summed E-state index contributed by atoms with van der Waals surface area (Å²) in [4.78, 5) is 2.19. The molecule has 0 saturated carbocycles. The van der Waals surface area contributed by atoms with Gasteiger partial charge in [0.25, 0.3) is 0 Å². The number of hydrogen-bond acceptors (Lipinski definition) is 5. The van der Waals surface area contributed by atoms with Crippen molar-refractivity contribution in [2.24, 2.45) is 0 Å². The number of nitrogens with zero attached hydrogens (tertiary/aromatic N) is 4. The van der Waals surface area contributed by atoms with Crippen LogP contribution in [0.1, 0.15) is 0 Å². The molecular weight excluding hydrogens is 415 g/mol. The predicted molar refractivity (Wildman–Crippen MR) is 110 cm³/mol. The molecular formula is C20H18ClFN4O2S. The van der Waals surface area contributed by atoms with Gasteiger partial charge in [0.15, 0.2) is 5.82 Å². The van der Waals surface area contributed by atoms with Gasteiger partial charge in [-0.1, -0.05) is 17.7 Å². The zero-order valence-corrected chi connectivity index (χ0v) is 16.9. The Morgan fingerprint density at radius 1 is 0.897 bits per heavy atom. The smallest absolute Gasteiger partial charge is 0.243 e. The van der Waals surface area contributed by atoms with Crippen LogP contribution in [0.4, 0.5) is 10.2 Å². The van der Waals surface area contributed by atoms with Crippen LogP contribution in [0.25, 0.3) is 11.3 Å². The molecule has 1 saturated heterocycles. The highest BCUT2D eigenvalue weighted by molar-refractivity contribution is 7.89. The molecule has 0 N–H and O–H groups in total. The van der Waals surface area contributed by atoms with Gasteiger partial charge in [-0.25, -0.2) is 12.8 Å². The van der Waals surface area contributed by atoms with E-state index in [1.54, 1.807) is 30.3 Å². The monoisotopic (exact) mass is 432 g/mol. The first-order valence-corrected chi connectivity index (χ1v) is 10.9. The summed E-state index contributed by atoms with van der Waals surface area (Å²) in [6.07, 6.45) is 0. The largest absolute Gasteiger partial charge is 0.352 e. The predicted octanol–water partition coefficient (Wildman–Crippen LogP) is 3.45. The van der Waals surface area contributed by atoms with Crippen molar-refractivity contribution in [3.63, 3.8) is 0 Å². The lowest BCUT2D eigenvalue weighted by Gasteiger charge is -2.34. The van der Waals surface area contributed by atoms with Crippen LogP contribution in [0, 0.1) is 5.82 Å². The molecule has 4 rings (SSSR count). The van der Waals surface area contributed by atoms with Crippen LogP contribution in [0.3, 0.4) is 0 Å². The van der Waals surface area contributed by atoms with E-state index in [0.717, 1.165) is 5.56 Å². The summed E-state index contributed by atoms with van der Waals surface area (Å²) in [5.74, 6) is 0.375.